The highest BCUT2D eigenvalue weighted by Crippen LogP contribution is 2.33. The number of amides is 2. The van der Waals surface area contributed by atoms with Gasteiger partial charge in [0.1, 0.15) is 5.52 Å². The second-order valence-electron chi connectivity index (χ2n) is 10.2. The molecule has 3 aromatic carbocycles. The van der Waals surface area contributed by atoms with Crippen LogP contribution in [0.5, 0.6) is 0 Å². The van der Waals surface area contributed by atoms with Crippen LogP contribution in [0.25, 0.3) is 11.0 Å². The number of carbonyl (C=O) groups is 2. The number of aromatic amines is 1. The molecule has 0 radical (unpaired) electrons. The summed E-state index contributed by atoms with van der Waals surface area (Å²) in [6, 6.07) is 12.9. The predicted octanol–water partition coefficient (Wildman–Crippen LogP) is 6.82. The van der Waals surface area contributed by atoms with Crippen molar-refractivity contribution in [1.82, 2.24) is 14.9 Å². The Morgan fingerprint density at radius 2 is 1.76 bits per heavy atom. The number of anilines is 3. The molecule has 12 heteroatoms. The van der Waals surface area contributed by atoms with Gasteiger partial charge in [-0.2, -0.15) is 13.2 Å². The molecule has 2 amide bonds. The number of fused-ring (bicyclic) bond motifs is 1. The van der Waals surface area contributed by atoms with Crippen LogP contribution in [-0.4, -0.2) is 59.9 Å². The molecule has 3 N–H and O–H groups in total. The van der Waals surface area contributed by atoms with E-state index in [1.165, 1.54) is 18.2 Å². The Bertz CT molecular complexity index is 1640. The van der Waals surface area contributed by atoms with Crippen LogP contribution in [0.1, 0.15) is 45.7 Å². The van der Waals surface area contributed by atoms with Gasteiger partial charge in [-0.15, -0.1) is 0 Å². The van der Waals surface area contributed by atoms with Crippen LogP contribution in [0, 0.1) is 6.92 Å². The topological polar surface area (TPSA) is 93.4 Å². The molecule has 5 rings (SSSR count). The number of hydrogen-bond acceptors (Lipinski definition) is 5. The Morgan fingerprint density at radius 3 is 2.45 bits per heavy atom. The van der Waals surface area contributed by atoms with Crippen molar-refractivity contribution in [3.05, 3.63) is 81.9 Å². The van der Waals surface area contributed by atoms with Crippen molar-refractivity contribution in [3.8, 4) is 0 Å². The number of imidazole rings is 1. The third-order valence-corrected chi connectivity index (χ3v) is 7.67. The number of nitrogens with one attached hydrogen (secondary N) is 3. The van der Waals surface area contributed by atoms with E-state index in [-0.39, 0.29) is 18.7 Å². The lowest BCUT2D eigenvalue weighted by molar-refractivity contribution is -0.137. The van der Waals surface area contributed by atoms with E-state index in [1.54, 1.807) is 31.2 Å². The van der Waals surface area contributed by atoms with Gasteiger partial charge < -0.3 is 25.4 Å². The highest BCUT2D eigenvalue weighted by Gasteiger charge is 2.35. The predicted molar refractivity (Wildman–Crippen MR) is 161 cm³/mol. The first-order valence-electron chi connectivity index (χ1n) is 12.9. The van der Waals surface area contributed by atoms with Crippen molar-refractivity contribution < 1.29 is 22.8 Å². The van der Waals surface area contributed by atoms with E-state index < -0.39 is 29.1 Å². The standard InChI is InChI=1S/C29H28ClF3N6O2.CH4/c1-16-22(30)9-6-10-23(16)35-27(41)20-13-17(34-26(40)19-7-4-5-8-21(19)29(31,32)33)14-24-25(20)37-28(36-24)39-12-11-18(15-39)38(2)3;/h4-10,13-14,18H,11-12,15H2,1-3H3,(H,34,40)(H,35,41)(H,36,37);1H4/t18-;/m0./s1. The SMILES string of the molecule is C.Cc1c(Cl)cccc1NC(=O)c1cc(NC(=O)c2ccccc2C(F)(F)F)cc2[nH]c(N3CC[C@H](N(C)C)C3)nc12. The summed E-state index contributed by atoms with van der Waals surface area (Å²) in [5.41, 5.74) is 0.651. The molecule has 0 bridgehead atoms. The molecular weight excluding hydrogens is 569 g/mol. The van der Waals surface area contributed by atoms with Gasteiger partial charge in [0, 0.05) is 35.5 Å². The summed E-state index contributed by atoms with van der Waals surface area (Å²) in [4.78, 5) is 38.8. The molecular formula is C30H32ClF3N6O2. The Labute approximate surface area is 246 Å². The van der Waals surface area contributed by atoms with Gasteiger partial charge in [0.05, 0.1) is 22.2 Å². The molecule has 1 aromatic heterocycles. The fourth-order valence-corrected chi connectivity index (χ4v) is 5.09. The van der Waals surface area contributed by atoms with E-state index in [1.807, 2.05) is 14.1 Å². The molecule has 42 heavy (non-hydrogen) atoms. The van der Waals surface area contributed by atoms with Crippen molar-refractivity contribution in [3.63, 3.8) is 0 Å². The van der Waals surface area contributed by atoms with Gasteiger partial charge in [0.2, 0.25) is 5.95 Å². The molecule has 0 unspecified atom stereocenters. The summed E-state index contributed by atoms with van der Waals surface area (Å²) in [7, 11) is 4.03. The minimum Gasteiger partial charge on any atom is -0.341 e. The highest BCUT2D eigenvalue weighted by molar-refractivity contribution is 6.31. The van der Waals surface area contributed by atoms with E-state index in [0.717, 1.165) is 31.6 Å². The Balaban J connectivity index is 0.00000405. The van der Waals surface area contributed by atoms with Crippen molar-refractivity contribution >= 4 is 51.8 Å². The second-order valence-corrected chi connectivity index (χ2v) is 10.6. The Hall–Kier alpha value is -4.09. The van der Waals surface area contributed by atoms with E-state index in [9.17, 15) is 22.8 Å². The number of rotatable bonds is 6. The molecule has 1 aliphatic heterocycles. The maximum atomic E-state index is 13.6. The first-order valence-corrected chi connectivity index (χ1v) is 13.3. The van der Waals surface area contributed by atoms with Crippen LogP contribution < -0.4 is 15.5 Å². The van der Waals surface area contributed by atoms with Crippen molar-refractivity contribution in [2.75, 3.05) is 42.7 Å². The molecule has 0 saturated carbocycles. The molecule has 222 valence electrons. The number of likely N-dealkylation sites (N-methyl/N-ethyl adjacent to an activating group) is 1. The molecule has 0 aliphatic carbocycles. The third-order valence-electron chi connectivity index (χ3n) is 7.26. The maximum Gasteiger partial charge on any atom is 0.417 e. The van der Waals surface area contributed by atoms with Crippen LogP contribution >= 0.6 is 11.6 Å². The lowest BCUT2D eigenvalue weighted by Crippen LogP contribution is -2.31. The molecule has 0 spiro atoms. The molecule has 8 nitrogen and oxygen atoms in total. The number of nitrogens with zero attached hydrogens (tertiary/aromatic N) is 3. The minimum absolute atomic E-state index is 0. The fourth-order valence-electron chi connectivity index (χ4n) is 4.91. The van der Waals surface area contributed by atoms with Gasteiger partial charge in [-0.1, -0.05) is 37.2 Å². The summed E-state index contributed by atoms with van der Waals surface area (Å²) in [6.07, 6.45) is -3.78. The lowest BCUT2D eigenvalue weighted by atomic mass is 10.1. The Kier molecular flexibility index (Phi) is 8.84. The van der Waals surface area contributed by atoms with E-state index >= 15 is 0 Å². The van der Waals surface area contributed by atoms with Gasteiger partial charge >= 0.3 is 6.18 Å². The largest absolute Gasteiger partial charge is 0.417 e. The molecule has 1 aliphatic rings. The smallest absolute Gasteiger partial charge is 0.341 e. The number of aromatic nitrogens is 2. The number of benzene rings is 3. The lowest BCUT2D eigenvalue weighted by Gasteiger charge is -2.19. The average Bonchev–Trinajstić information content (AvgIpc) is 3.58. The maximum absolute atomic E-state index is 13.6. The third kappa shape index (κ3) is 6.22. The van der Waals surface area contributed by atoms with Crippen LogP contribution in [0.2, 0.25) is 5.02 Å². The van der Waals surface area contributed by atoms with Crippen molar-refractivity contribution in [2.24, 2.45) is 0 Å². The van der Waals surface area contributed by atoms with Gasteiger partial charge in [-0.05, 0) is 69.4 Å². The van der Waals surface area contributed by atoms with Crippen molar-refractivity contribution in [2.45, 2.75) is 33.0 Å². The molecule has 1 fully saturated rings. The molecule has 1 atom stereocenters. The van der Waals surface area contributed by atoms with Crippen LogP contribution in [0.3, 0.4) is 0 Å². The normalized spacial score (nSPS) is 15.1. The van der Waals surface area contributed by atoms with E-state index in [2.05, 4.69) is 25.4 Å². The Morgan fingerprint density at radius 1 is 1.05 bits per heavy atom. The summed E-state index contributed by atoms with van der Waals surface area (Å²) in [5, 5.41) is 5.85. The fraction of sp³-hybridized carbons (Fsp3) is 0.300. The molecule has 4 aromatic rings. The van der Waals surface area contributed by atoms with E-state index in [0.29, 0.717) is 39.3 Å². The van der Waals surface area contributed by atoms with E-state index in [4.69, 9.17) is 16.6 Å². The first kappa shape index (κ1) is 30.9. The summed E-state index contributed by atoms with van der Waals surface area (Å²) >= 11 is 6.23. The average molecular weight is 601 g/mol. The first-order chi connectivity index (χ1) is 19.4. The zero-order chi connectivity index (χ0) is 29.5. The summed E-state index contributed by atoms with van der Waals surface area (Å²) in [5.74, 6) is -0.913. The van der Waals surface area contributed by atoms with Gasteiger partial charge in [0.25, 0.3) is 11.8 Å². The summed E-state index contributed by atoms with van der Waals surface area (Å²) < 4.78 is 40.7. The molecule has 1 saturated heterocycles. The number of halogens is 4. The number of H-pyrrole nitrogens is 1. The number of carbonyl (C=O) groups excluding carboxylic acids is 2. The van der Waals surface area contributed by atoms with Gasteiger partial charge in [0.15, 0.2) is 0 Å². The van der Waals surface area contributed by atoms with Gasteiger partial charge in [-0.25, -0.2) is 4.98 Å². The zero-order valence-electron chi connectivity index (χ0n) is 22.6. The summed E-state index contributed by atoms with van der Waals surface area (Å²) in [6.45, 7) is 3.25. The highest BCUT2D eigenvalue weighted by atomic mass is 35.5. The molecule has 2 heterocycles. The second kappa shape index (κ2) is 12.0. The van der Waals surface area contributed by atoms with Crippen molar-refractivity contribution in [1.29, 1.82) is 0 Å². The number of alkyl halides is 3. The zero-order valence-corrected chi connectivity index (χ0v) is 23.3. The van der Waals surface area contributed by atoms with Crippen LogP contribution in [0.15, 0.2) is 54.6 Å². The van der Waals surface area contributed by atoms with Gasteiger partial charge in [-0.3, -0.25) is 9.59 Å². The van der Waals surface area contributed by atoms with Crippen LogP contribution in [0.4, 0.5) is 30.5 Å². The number of hydrogen-bond donors (Lipinski definition) is 3. The monoisotopic (exact) mass is 600 g/mol. The van der Waals surface area contributed by atoms with Crippen LogP contribution in [-0.2, 0) is 6.18 Å². The minimum atomic E-state index is -4.71. The quantitative estimate of drug-likeness (QED) is 0.226.